The highest BCUT2D eigenvalue weighted by Crippen LogP contribution is 2.19. The Kier molecular flexibility index (Phi) is 4.62. The third kappa shape index (κ3) is 3.94. The summed E-state index contributed by atoms with van der Waals surface area (Å²) in [6, 6.07) is 3.41. The second-order valence-corrected chi connectivity index (χ2v) is 7.05. The molecule has 0 radical (unpaired) electrons. The third-order valence-corrected chi connectivity index (χ3v) is 3.94. The van der Waals surface area contributed by atoms with Gasteiger partial charge in [-0.2, -0.15) is 0 Å². The summed E-state index contributed by atoms with van der Waals surface area (Å²) in [4.78, 5) is 4.19. The summed E-state index contributed by atoms with van der Waals surface area (Å²) in [6.07, 6.45) is 1.65. The first-order chi connectivity index (χ1) is 7.30. The van der Waals surface area contributed by atoms with Gasteiger partial charge < -0.3 is 4.55 Å². The Morgan fingerprint density at radius 1 is 1.50 bits per heavy atom. The lowest BCUT2D eigenvalue weighted by Crippen LogP contribution is -2.40. The van der Waals surface area contributed by atoms with Gasteiger partial charge in [-0.1, -0.05) is 11.6 Å². The van der Waals surface area contributed by atoms with E-state index < -0.39 is 11.4 Å². The van der Waals surface area contributed by atoms with Crippen LogP contribution in [0.2, 0.25) is 5.02 Å². The molecule has 0 amide bonds. The first-order valence-electron chi connectivity index (χ1n) is 5.10. The van der Waals surface area contributed by atoms with E-state index in [1.807, 2.05) is 27.7 Å². The summed E-state index contributed by atoms with van der Waals surface area (Å²) in [6.45, 7) is 7.69. The van der Waals surface area contributed by atoms with Crippen LogP contribution in [0, 0.1) is 0 Å². The fourth-order valence-electron chi connectivity index (χ4n) is 1.06. The van der Waals surface area contributed by atoms with Crippen molar-refractivity contribution in [2.24, 2.45) is 0 Å². The second kappa shape index (κ2) is 5.36. The summed E-state index contributed by atoms with van der Waals surface area (Å²) in [7, 11) is 0. The number of rotatable bonds is 3. The highest BCUT2D eigenvalue weighted by Gasteiger charge is 2.28. The van der Waals surface area contributed by atoms with Gasteiger partial charge in [0.2, 0.25) is 0 Å². The van der Waals surface area contributed by atoms with E-state index in [1.165, 1.54) is 0 Å². The lowest BCUT2D eigenvalue weighted by Gasteiger charge is -2.26. The van der Waals surface area contributed by atoms with Crippen LogP contribution in [0.25, 0.3) is 0 Å². The zero-order chi connectivity index (χ0) is 12.3. The zero-order valence-electron chi connectivity index (χ0n) is 9.95. The molecule has 1 rings (SSSR count). The molecule has 90 valence electrons. The van der Waals surface area contributed by atoms with E-state index in [0.29, 0.717) is 5.02 Å². The topological polar surface area (TPSA) is 48.0 Å². The van der Waals surface area contributed by atoms with Crippen molar-refractivity contribution in [2.75, 3.05) is 0 Å². The molecule has 16 heavy (non-hydrogen) atoms. The van der Waals surface area contributed by atoms with Crippen LogP contribution in [-0.2, 0) is 11.4 Å². The SMILES string of the molecule is CC(N[S@+]([O-])C(C)(C)C)c1cc(Cl)ccn1. The van der Waals surface area contributed by atoms with Crippen LogP contribution < -0.4 is 4.72 Å². The van der Waals surface area contributed by atoms with Gasteiger partial charge in [0.1, 0.15) is 4.75 Å². The van der Waals surface area contributed by atoms with Gasteiger partial charge >= 0.3 is 0 Å². The normalized spacial score (nSPS) is 15.9. The molecule has 2 atom stereocenters. The number of halogens is 1. The van der Waals surface area contributed by atoms with Gasteiger partial charge in [-0.05, 0) is 39.8 Å². The largest absolute Gasteiger partial charge is 0.598 e. The van der Waals surface area contributed by atoms with Gasteiger partial charge in [0.15, 0.2) is 0 Å². The van der Waals surface area contributed by atoms with Crippen molar-refractivity contribution >= 4 is 23.0 Å². The lowest BCUT2D eigenvalue weighted by molar-refractivity contribution is 0.529. The minimum Gasteiger partial charge on any atom is -0.598 e. The van der Waals surface area contributed by atoms with Crippen LogP contribution in [0.5, 0.6) is 0 Å². The molecular formula is C11H17ClN2OS. The maximum absolute atomic E-state index is 11.9. The molecule has 0 bridgehead atoms. The Morgan fingerprint density at radius 2 is 2.12 bits per heavy atom. The molecule has 0 aliphatic rings. The molecule has 0 fully saturated rings. The Hall–Kier alpha value is -0.290. The smallest absolute Gasteiger partial charge is 0.136 e. The fourth-order valence-corrected chi connectivity index (χ4v) is 2.02. The molecule has 1 aromatic heterocycles. The summed E-state index contributed by atoms with van der Waals surface area (Å²) in [5.74, 6) is 0. The number of pyridine rings is 1. The molecule has 1 N–H and O–H groups in total. The Morgan fingerprint density at radius 3 is 2.62 bits per heavy atom. The van der Waals surface area contributed by atoms with Crippen LogP contribution in [-0.4, -0.2) is 14.3 Å². The van der Waals surface area contributed by atoms with Crippen molar-refractivity contribution in [2.45, 2.75) is 38.5 Å². The second-order valence-electron chi connectivity index (χ2n) is 4.62. The molecule has 0 aromatic carbocycles. The van der Waals surface area contributed by atoms with Crippen LogP contribution in [0.15, 0.2) is 18.3 Å². The van der Waals surface area contributed by atoms with Gasteiger partial charge in [0, 0.05) is 22.6 Å². The van der Waals surface area contributed by atoms with E-state index in [1.54, 1.807) is 18.3 Å². The summed E-state index contributed by atoms with van der Waals surface area (Å²) < 4.78 is 14.6. The first kappa shape index (κ1) is 13.8. The Labute approximate surface area is 105 Å². The summed E-state index contributed by atoms with van der Waals surface area (Å²) in [5.41, 5.74) is 0.796. The van der Waals surface area contributed by atoms with Crippen molar-refractivity contribution in [1.82, 2.24) is 9.71 Å². The number of aromatic nitrogens is 1. The van der Waals surface area contributed by atoms with Crippen molar-refractivity contribution in [3.8, 4) is 0 Å². The van der Waals surface area contributed by atoms with E-state index in [9.17, 15) is 4.55 Å². The maximum atomic E-state index is 11.9. The molecule has 0 saturated carbocycles. The summed E-state index contributed by atoms with van der Waals surface area (Å²) >= 11 is 4.76. The Bertz CT molecular complexity index is 354. The fraction of sp³-hybridized carbons (Fsp3) is 0.545. The third-order valence-electron chi connectivity index (χ3n) is 2.03. The highest BCUT2D eigenvalue weighted by molar-refractivity contribution is 7.90. The molecule has 0 spiro atoms. The molecule has 0 aliphatic heterocycles. The van der Waals surface area contributed by atoms with Crippen LogP contribution in [0.3, 0.4) is 0 Å². The number of nitrogens with one attached hydrogen (secondary N) is 1. The molecular weight excluding hydrogens is 244 g/mol. The Balaban J connectivity index is 2.69. The molecule has 1 aromatic rings. The highest BCUT2D eigenvalue weighted by atomic mass is 35.5. The first-order valence-corrected chi connectivity index (χ1v) is 6.63. The molecule has 0 saturated heterocycles. The number of hydrogen-bond acceptors (Lipinski definition) is 3. The van der Waals surface area contributed by atoms with Crippen molar-refractivity contribution in [1.29, 1.82) is 0 Å². The van der Waals surface area contributed by atoms with Crippen LogP contribution >= 0.6 is 11.6 Å². The lowest BCUT2D eigenvalue weighted by atomic mass is 10.2. The van der Waals surface area contributed by atoms with Crippen LogP contribution in [0.4, 0.5) is 0 Å². The standard InChI is InChI=1S/C11H17ClN2OS/c1-8(14-16(15)11(2,3)4)10-7-9(12)5-6-13-10/h5-8,14H,1-4H3/t8?,16-/m1/s1. The monoisotopic (exact) mass is 260 g/mol. The maximum Gasteiger partial charge on any atom is 0.136 e. The minimum atomic E-state index is -1.11. The van der Waals surface area contributed by atoms with Crippen LogP contribution in [0.1, 0.15) is 39.4 Å². The van der Waals surface area contributed by atoms with E-state index >= 15 is 0 Å². The predicted molar refractivity (Wildman–Crippen MR) is 68.7 cm³/mol. The van der Waals surface area contributed by atoms with E-state index in [2.05, 4.69) is 9.71 Å². The summed E-state index contributed by atoms with van der Waals surface area (Å²) in [5, 5.41) is 0.639. The number of hydrogen-bond donors (Lipinski definition) is 1. The molecule has 0 aliphatic carbocycles. The number of nitrogens with zero attached hydrogens (tertiary/aromatic N) is 1. The van der Waals surface area contributed by atoms with Crippen molar-refractivity contribution < 1.29 is 4.55 Å². The van der Waals surface area contributed by atoms with Gasteiger partial charge in [-0.3, -0.25) is 4.98 Å². The quantitative estimate of drug-likeness (QED) is 0.851. The van der Waals surface area contributed by atoms with Gasteiger partial charge in [0.05, 0.1) is 11.7 Å². The predicted octanol–water partition coefficient (Wildman–Crippen LogP) is 2.85. The van der Waals surface area contributed by atoms with Gasteiger partial charge in [0.25, 0.3) is 0 Å². The average molecular weight is 261 g/mol. The molecule has 1 heterocycles. The van der Waals surface area contributed by atoms with Crippen molar-refractivity contribution in [3.63, 3.8) is 0 Å². The van der Waals surface area contributed by atoms with Crippen molar-refractivity contribution in [3.05, 3.63) is 29.0 Å². The van der Waals surface area contributed by atoms with E-state index in [4.69, 9.17) is 11.6 Å². The average Bonchev–Trinajstić information content (AvgIpc) is 2.16. The zero-order valence-corrected chi connectivity index (χ0v) is 11.5. The van der Waals surface area contributed by atoms with Gasteiger partial charge in [-0.15, -0.1) is 4.72 Å². The molecule has 1 unspecified atom stereocenters. The van der Waals surface area contributed by atoms with E-state index in [-0.39, 0.29) is 10.8 Å². The minimum absolute atomic E-state index is 0.0845. The molecule has 3 nitrogen and oxygen atoms in total. The van der Waals surface area contributed by atoms with Gasteiger partial charge in [-0.25, -0.2) is 0 Å². The molecule has 5 heteroatoms. The van der Waals surface area contributed by atoms with E-state index in [0.717, 1.165) is 5.69 Å².